The molecule has 0 saturated heterocycles. The molecule has 0 spiro atoms. The van der Waals surface area contributed by atoms with Crippen LogP contribution in [0.3, 0.4) is 0 Å². The van der Waals surface area contributed by atoms with Gasteiger partial charge in [-0.15, -0.1) is 0 Å². The van der Waals surface area contributed by atoms with Crippen molar-refractivity contribution in [3.63, 3.8) is 0 Å². The Balaban J connectivity index is 2.22. The smallest absolute Gasteiger partial charge is 0.336 e. The Morgan fingerprint density at radius 2 is 1.84 bits per heavy atom. The van der Waals surface area contributed by atoms with Crippen molar-refractivity contribution in [1.29, 1.82) is 0 Å². The fraction of sp³-hybridized carbons (Fsp3) is 0. The second kappa shape index (κ2) is 4.53. The average Bonchev–Trinajstić information content (AvgIpc) is 2.46. The molecule has 19 heavy (non-hydrogen) atoms. The summed E-state index contributed by atoms with van der Waals surface area (Å²) < 4.78 is 0. The van der Waals surface area contributed by atoms with Crippen molar-refractivity contribution >= 4 is 16.7 Å². The maximum Gasteiger partial charge on any atom is 0.336 e. The van der Waals surface area contributed by atoms with Crippen molar-refractivity contribution in [2.45, 2.75) is 0 Å². The summed E-state index contributed by atoms with van der Waals surface area (Å²) in [7, 11) is 0. The van der Waals surface area contributed by atoms with Crippen LogP contribution >= 0.6 is 0 Å². The zero-order chi connectivity index (χ0) is 13.2. The molecule has 92 valence electrons. The molecule has 0 aliphatic carbocycles. The van der Waals surface area contributed by atoms with E-state index in [-0.39, 0.29) is 0 Å². The molecule has 0 amide bonds. The zero-order valence-corrected chi connectivity index (χ0v) is 10.1. The minimum atomic E-state index is -0.912. The van der Waals surface area contributed by atoms with E-state index in [1.165, 1.54) is 0 Å². The van der Waals surface area contributed by atoms with Crippen LogP contribution in [0.5, 0.6) is 0 Å². The number of aromatic carboxylic acids is 1. The van der Waals surface area contributed by atoms with Crippen LogP contribution in [-0.2, 0) is 0 Å². The molecule has 1 aromatic heterocycles. The lowest BCUT2D eigenvalue weighted by molar-refractivity contribution is 0.0697. The topological polar surface area (TPSA) is 50.2 Å². The molecule has 0 fully saturated rings. The molecule has 1 N–H and O–H groups in total. The summed E-state index contributed by atoms with van der Waals surface area (Å²) in [6.07, 6.45) is 3.53. The molecular formula is C16H11NO2. The van der Waals surface area contributed by atoms with Crippen LogP contribution in [0, 0.1) is 0 Å². The van der Waals surface area contributed by atoms with Crippen molar-refractivity contribution in [3.05, 3.63) is 66.5 Å². The molecule has 1 heterocycles. The highest BCUT2D eigenvalue weighted by Gasteiger charge is 2.10. The van der Waals surface area contributed by atoms with E-state index in [0.717, 1.165) is 21.9 Å². The maximum absolute atomic E-state index is 11.2. The summed E-state index contributed by atoms with van der Waals surface area (Å²) in [4.78, 5) is 15.3. The average molecular weight is 249 g/mol. The maximum atomic E-state index is 11.2. The number of carboxylic acids is 1. The highest BCUT2D eigenvalue weighted by molar-refractivity contribution is 5.97. The van der Waals surface area contributed by atoms with E-state index in [1.807, 2.05) is 36.4 Å². The fourth-order valence-corrected chi connectivity index (χ4v) is 2.17. The van der Waals surface area contributed by atoms with Crippen LogP contribution in [-0.4, -0.2) is 16.1 Å². The molecule has 0 atom stereocenters. The van der Waals surface area contributed by atoms with Crippen molar-refractivity contribution in [3.8, 4) is 11.1 Å². The summed E-state index contributed by atoms with van der Waals surface area (Å²) in [5, 5.41) is 11.3. The van der Waals surface area contributed by atoms with Crippen LogP contribution in [0.2, 0.25) is 0 Å². The first kappa shape index (κ1) is 11.4. The number of fused-ring (bicyclic) bond motifs is 1. The lowest BCUT2D eigenvalue weighted by atomic mass is 9.98. The summed E-state index contributed by atoms with van der Waals surface area (Å²) in [6, 6.07) is 14.8. The number of carboxylic acid groups (broad SMARTS) is 1. The molecule has 3 aromatic rings. The largest absolute Gasteiger partial charge is 0.478 e. The van der Waals surface area contributed by atoms with Gasteiger partial charge in [-0.2, -0.15) is 0 Å². The van der Waals surface area contributed by atoms with E-state index in [9.17, 15) is 9.90 Å². The second-order valence-electron chi connectivity index (χ2n) is 4.29. The molecule has 0 radical (unpaired) electrons. The molecule has 3 nitrogen and oxygen atoms in total. The third-order valence-corrected chi connectivity index (χ3v) is 3.11. The number of pyridine rings is 1. The number of hydrogen-bond acceptors (Lipinski definition) is 2. The first-order valence-electron chi connectivity index (χ1n) is 5.92. The van der Waals surface area contributed by atoms with Crippen LogP contribution in [0.4, 0.5) is 0 Å². The Hall–Kier alpha value is -2.68. The van der Waals surface area contributed by atoms with Gasteiger partial charge in [-0.05, 0) is 34.7 Å². The fourth-order valence-electron chi connectivity index (χ4n) is 2.17. The minimum absolute atomic E-state index is 0.316. The Labute approximate surface area is 110 Å². The van der Waals surface area contributed by atoms with Gasteiger partial charge in [-0.1, -0.05) is 30.3 Å². The first-order chi connectivity index (χ1) is 9.25. The molecule has 0 aliphatic heterocycles. The SMILES string of the molecule is O=C(O)c1ccccc1-c1ccc2cnccc2c1. The summed E-state index contributed by atoms with van der Waals surface area (Å²) in [5.74, 6) is -0.912. The molecule has 2 aromatic carbocycles. The molecule has 0 bridgehead atoms. The van der Waals surface area contributed by atoms with E-state index in [4.69, 9.17) is 0 Å². The predicted octanol–water partition coefficient (Wildman–Crippen LogP) is 3.60. The third-order valence-electron chi connectivity index (χ3n) is 3.11. The van der Waals surface area contributed by atoms with Gasteiger partial charge in [0, 0.05) is 17.8 Å². The van der Waals surface area contributed by atoms with Gasteiger partial charge in [-0.3, -0.25) is 4.98 Å². The number of hydrogen-bond donors (Lipinski definition) is 1. The standard InChI is InChI=1S/C16H11NO2/c18-16(19)15-4-2-1-3-14(15)12-5-6-13-10-17-8-7-11(13)9-12/h1-10H,(H,18,19). The summed E-state index contributed by atoms with van der Waals surface area (Å²) >= 11 is 0. The minimum Gasteiger partial charge on any atom is -0.478 e. The molecular weight excluding hydrogens is 238 g/mol. The highest BCUT2D eigenvalue weighted by Crippen LogP contribution is 2.26. The number of rotatable bonds is 2. The second-order valence-corrected chi connectivity index (χ2v) is 4.29. The molecule has 3 rings (SSSR count). The van der Waals surface area contributed by atoms with Crippen molar-refractivity contribution in [1.82, 2.24) is 4.98 Å². The van der Waals surface area contributed by atoms with Crippen LogP contribution in [0.25, 0.3) is 21.9 Å². The van der Waals surface area contributed by atoms with E-state index in [0.29, 0.717) is 5.56 Å². The van der Waals surface area contributed by atoms with E-state index >= 15 is 0 Å². The molecule has 0 unspecified atom stereocenters. The Kier molecular flexibility index (Phi) is 2.72. The highest BCUT2D eigenvalue weighted by atomic mass is 16.4. The Morgan fingerprint density at radius 1 is 1.00 bits per heavy atom. The zero-order valence-electron chi connectivity index (χ0n) is 10.1. The van der Waals surface area contributed by atoms with Gasteiger partial charge in [0.1, 0.15) is 0 Å². The van der Waals surface area contributed by atoms with Gasteiger partial charge in [0.15, 0.2) is 0 Å². The van der Waals surface area contributed by atoms with Crippen molar-refractivity contribution < 1.29 is 9.90 Å². The quantitative estimate of drug-likeness (QED) is 0.754. The Morgan fingerprint density at radius 3 is 2.68 bits per heavy atom. The number of nitrogens with zero attached hydrogens (tertiary/aromatic N) is 1. The summed E-state index contributed by atoms with van der Waals surface area (Å²) in [6.45, 7) is 0. The van der Waals surface area contributed by atoms with E-state index < -0.39 is 5.97 Å². The van der Waals surface area contributed by atoms with E-state index in [1.54, 1.807) is 24.5 Å². The normalized spacial score (nSPS) is 10.5. The van der Waals surface area contributed by atoms with Gasteiger partial charge in [0.05, 0.1) is 5.56 Å². The van der Waals surface area contributed by atoms with E-state index in [2.05, 4.69) is 4.98 Å². The Bertz CT molecular complexity index is 765. The lowest BCUT2D eigenvalue weighted by Gasteiger charge is -2.07. The van der Waals surface area contributed by atoms with Crippen LogP contribution in [0.15, 0.2) is 60.9 Å². The van der Waals surface area contributed by atoms with Crippen molar-refractivity contribution in [2.24, 2.45) is 0 Å². The van der Waals surface area contributed by atoms with Crippen LogP contribution in [0.1, 0.15) is 10.4 Å². The molecule has 0 saturated carbocycles. The third kappa shape index (κ3) is 2.06. The molecule has 3 heteroatoms. The van der Waals surface area contributed by atoms with Gasteiger partial charge < -0.3 is 5.11 Å². The van der Waals surface area contributed by atoms with Gasteiger partial charge in [0.2, 0.25) is 0 Å². The number of aromatic nitrogens is 1. The summed E-state index contributed by atoms with van der Waals surface area (Å²) in [5.41, 5.74) is 1.95. The van der Waals surface area contributed by atoms with Gasteiger partial charge in [-0.25, -0.2) is 4.79 Å². The van der Waals surface area contributed by atoms with Gasteiger partial charge >= 0.3 is 5.97 Å². The predicted molar refractivity (Wildman–Crippen MR) is 74.1 cm³/mol. The van der Waals surface area contributed by atoms with Crippen molar-refractivity contribution in [2.75, 3.05) is 0 Å². The van der Waals surface area contributed by atoms with Gasteiger partial charge in [0.25, 0.3) is 0 Å². The molecule has 0 aliphatic rings. The lowest BCUT2D eigenvalue weighted by Crippen LogP contribution is -1.98. The monoisotopic (exact) mass is 249 g/mol. The number of benzene rings is 2. The first-order valence-corrected chi connectivity index (χ1v) is 5.92. The number of carbonyl (C=O) groups is 1. The van der Waals surface area contributed by atoms with Crippen LogP contribution < -0.4 is 0 Å².